The van der Waals surface area contributed by atoms with Crippen LogP contribution in [0.4, 0.5) is 5.69 Å². The van der Waals surface area contributed by atoms with Crippen molar-refractivity contribution in [1.82, 2.24) is 0 Å². The molecule has 0 N–H and O–H groups in total. The maximum absolute atomic E-state index is 13.8. The molecule has 3 aromatic rings. The van der Waals surface area contributed by atoms with Crippen LogP contribution in [0.25, 0.3) is 11.0 Å². The average molecular weight is 391 g/mol. The van der Waals surface area contributed by atoms with E-state index in [1.165, 1.54) is 6.07 Å². The summed E-state index contributed by atoms with van der Waals surface area (Å²) in [4.78, 5) is 27.7. The summed E-state index contributed by atoms with van der Waals surface area (Å²) in [6.45, 7) is 5.11. The van der Waals surface area contributed by atoms with Crippen LogP contribution in [0.2, 0.25) is 0 Å². The number of aryl methyl sites for hydroxylation is 2. The van der Waals surface area contributed by atoms with E-state index in [4.69, 9.17) is 9.15 Å². The van der Waals surface area contributed by atoms with Crippen molar-refractivity contribution in [2.75, 3.05) is 18.1 Å². The summed E-state index contributed by atoms with van der Waals surface area (Å²) in [5, 5.41) is 0.782. The first-order valence-corrected chi connectivity index (χ1v) is 10.3. The maximum Gasteiger partial charge on any atom is 0.336 e. The van der Waals surface area contributed by atoms with Crippen LogP contribution < -0.4 is 15.3 Å². The molecule has 0 bridgehead atoms. The third-order valence-electron chi connectivity index (χ3n) is 5.37. The van der Waals surface area contributed by atoms with Crippen LogP contribution >= 0.6 is 0 Å². The van der Waals surface area contributed by atoms with E-state index in [0.29, 0.717) is 36.5 Å². The molecule has 2 heterocycles. The molecule has 5 nitrogen and oxygen atoms in total. The molecule has 4 rings (SSSR count). The molecule has 0 fully saturated rings. The fourth-order valence-corrected chi connectivity index (χ4v) is 3.98. The van der Waals surface area contributed by atoms with Gasteiger partial charge in [0, 0.05) is 23.7 Å². The number of ether oxygens (including phenoxy) is 1. The molecule has 5 heteroatoms. The SMILES string of the molecule is CCCOc1ccc2c(CC)cc(=O)oc2c1C(=O)N1CCCc2ccccc21. The van der Waals surface area contributed by atoms with Gasteiger partial charge < -0.3 is 14.1 Å². The van der Waals surface area contributed by atoms with Crippen LogP contribution in [0.15, 0.2) is 51.7 Å². The molecule has 1 aliphatic rings. The molecule has 150 valence electrons. The number of carbonyl (C=O) groups is 1. The fraction of sp³-hybridized carbons (Fsp3) is 0.333. The van der Waals surface area contributed by atoms with Crippen LogP contribution in [0.3, 0.4) is 0 Å². The largest absolute Gasteiger partial charge is 0.493 e. The van der Waals surface area contributed by atoms with Crippen LogP contribution in [0.5, 0.6) is 5.75 Å². The predicted octanol–water partition coefficient (Wildman–Crippen LogP) is 4.74. The molecule has 1 amide bonds. The van der Waals surface area contributed by atoms with E-state index < -0.39 is 5.63 Å². The zero-order valence-electron chi connectivity index (χ0n) is 16.9. The van der Waals surface area contributed by atoms with Gasteiger partial charge >= 0.3 is 5.63 Å². The molecule has 0 radical (unpaired) electrons. The number of nitrogens with zero attached hydrogens (tertiary/aromatic N) is 1. The third kappa shape index (κ3) is 3.53. The Morgan fingerprint density at radius 1 is 1.17 bits per heavy atom. The summed E-state index contributed by atoms with van der Waals surface area (Å²) < 4.78 is 11.5. The smallest absolute Gasteiger partial charge is 0.336 e. The molecule has 0 saturated heterocycles. The molecule has 0 unspecified atom stereocenters. The molecule has 0 atom stereocenters. The quantitative estimate of drug-likeness (QED) is 0.590. The average Bonchev–Trinajstić information content (AvgIpc) is 2.75. The van der Waals surface area contributed by atoms with E-state index in [9.17, 15) is 9.59 Å². The normalized spacial score (nSPS) is 13.4. The van der Waals surface area contributed by atoms with Gasteiger partial charge in [0.1, 0.15) is 11.3 Å². The lowest BCUT2D eigenvalue weighted by Gasteiger charge is -2.30. The number of para-hydroxylation sites is 1. The number of rotatable bonds is 5. The van der Waals surface area contributed by atoms with Gasteiger partial charge in [0.2, 0.25) is 0 Å². The van der Waals surface area contributed by atoms with Gasteiger partial charge in [0.25, 0.3) is 5.91 Å². The summed E-state index contributed by atoms with van der Waals surface area (Å²) >= 11 is 0. The monoisotopic (exact) mass is 391 g/mol. The van der Waals surface area contributed by atoms with Crippen molar-refractivity contribution in [2.45, 2.75) is 39.5 Å². The number of hydrogen-bond donors (Lipinski definition) is 0. The number of carbonyl (C=O) groups excluding carboxylic acids is 1. The van der Waals surface area contributed by atoms with Crippen LogP contribution in [0.1, 0.15) is 48.2 Å². The van der Waals surface area contributed by atoms with E-state index in [2.05, 4.69) is 6.07 Å². The van der Waals surface area contributed by atoms with Crippen molar-refractivity contribution in [2.24, 2.45) is 0 Å². The summed E-state index contributed by atoms with van der Waals surface area (Å²) in [5.74, 6) is 0.272. The van der Waals surface area contributed by atoms with E-state index in [1.807, 2.05) is 44.2 Å². The van der Waals surface area contributed by atoms with Crippen LogP contribution in [-0.4, -0.2) is 19.1 Å². The molecule has 0 aliphatic carbocycles. The van der Waals surface area contributed by atoms with Crippen LogP contribution in [-0.2, 0) is 12.8 Å². The Balaban J connectivity index is 1.92. The number of benzene rings is 2. The summed E-state index contributed by atoms with van der Waals surface area (Å²) in [6, 6.07) is 13.2. The summed E-state index contributed by atoms with van der Waals surface area (Å²) in [5.41, 5.74) is 3.13. The van der Waals surface area contributed by atoms with Crippen molar-refractivity contribution in [3.63, 3.8) is 0 Å². The van der Waals surface area contributed by atoms with Gasteiger partial charge in [0.05, 0.1) is 6.61 Å². The first kappa shape index (κ1) is 19.2. The molecule has 0 saturated carbocycles. The van der Waals surface area contributed by atoms with Gasteiger partial charge in [-0.15, -0.1) is 0 Å². The highest BCUT2D eigenvalue weighted by molar-refractivity contribution is 6.15. The lowest BCUT2D eigenvalue weighted by Crippen LogP contribution is -2.36. The molecule has 0 spiro atoms. The van der Waals surface area contributed by atoms with Crippen molar-refractivity contribution in [1.29, 1.82) is 0 Å². The topological polar surface area (TPSA) is 59.8 Å². The Morgan fingerprint density at radius 3 is 2.79 bits per heavy atom. The number of amides is 1. The van der Waals surface area contributed by atoms with Gasteiger partial charge in [-0.25, -0.2) is 4.79 Å². The predicted molar refractivity (Wildman–Crippen MR) is 114 cm³/mol. The molecule has 1 aromatic heterocycles. The first-order valence-electron chi connectivity index (χ1n) is 10.3. The third-order valence-corrected chi connectivity index (χ3v) is 5.37. The minimum absolute atomic E-state index is 0.190. The van der Waals surface area contributed by atoms with Crippen molar-refractivity contribution in [3.05, 3.63) is 69.6 Å². The second-order valence-electron chi connectivity index (χ2n) is 7.30. The molecular weight excluding hydrogens is 366 g/mol. The summed E-state index contributed by atoms with van der Waals surface area (Å²) in [6.07, 6.45) is 3.33. The zero-order valence-corrected chi connectivity index (χ0v) is 16.9. The van der Waals surface area contributed by atoms with Gasteiger partial charge in [-0.1, -0.05) is 32.0 Å². The zero-order chi connectivity index (χ0) is 20.4. The van der Waals surface area contributed by atoms with E-state index in [-0.39, 0.29) is 5.91 Å². The minimum Gasteiger partial charge on any atom is -0.493 e. The summed E-state index contributed by atoms with van der Waals surface area (Å²) in [7, 11) is 0. The molecular formula is C24H25NO4. The Hall–Kier alpha value is -3.08. The molecule has 29 heavy (non-hydrogen) atoms. The molecule has 1 aliphatic heterocycles. The van der Waals surface area contributed by atoms with Crippen molar-refractivity contribution in [3.8, 4) is 5.75 Å². The van der Waals surface area contributed by atoms with Gasteiger partial charge in [0.15, 0.2) is 5.58 Å². The second kappa shape index (κ2) is 8.11. The number of fused-ring (bicyclic) bond motifs is 2. The van der Waals surface area contributed by atoms with Crippen molar-refractivity contribution < 1.29 is 13.9 Å². The second-order valence-corrected chi connectivity index (χ2v) is 7.30. The van der Waals surface area contributed by atoms with Crippen molar-refractivity contribution >= 4 is 22.6 Å². The number of hydrogen-bond acceptors (Lipinski definition) is 4. The lowest BCUT2D eigenvalue weighted by molar-refractivity contribution is 0.0981. The maximum atomic E-state index is 13.8. The Bertz CT molecular complexity index is 1120. The number of anilines is 1. The van der Waals surface area contributed by atoms with E-state index in [1.54, 1.807) is 4.90 Å². The highest BCUT2D eigenvalue weighted by atomic mass is 16.5. The Kier molecular flexibility index (Phi) is 5.38. The Morgan fingerprint density at radius 2 is 2.00 bits per heavy atom. The highest BCUT2D eigenvalue weighted by Gasteiger charge is 2.29. The molecule has 2 aromatic carbocycles. The van der Waals surface area contributed by atoms with Gasteiger partial charge in [-0.05, 0) is 55.0 Å². The fourth-order valence-electron chi connectivity index (χ4n) is 3.98. The van der Waals surface area contributed by atoms with Gasteiger partial charge in [-0.2, -0.15) is 0 Å². The van der Waals surface area contributed by atoms with E-state index in [0.717, 1.165) is 41.5 Å². The lowest BCUT2D eigenvalue weighted by atomic mass is 9.99. The van der Waals surface area contributed by atoms with Crippen LogP contribution in [0, 0.1) is 0 Å². The minimum atomic E-state index is -0.449. The Labute approximate surface area is 169 Å². The van der Waals surface area contributed by atoms with Gasteiger partial charge in [-0.3, -0.25) is 4.79 Å². The first-order chi connectivity index (χ1) is 14.1. The highest BCUT2D eigenvalue weighted by Crippen LogP contribution is 2.34. The standard InChI is InChI=1S/C24H25NO4/c1-3-14-28-20-12-11-18-16(4-2)15-21(26)29-23(18)22(20)24(27)25-13-7-9-17-8-5-6-10-19(17)25/h5-6,8,10-12,15H,3-4,7,9,13-14H2,1-2H3. The van der Waals surface area contributed by atoms with E-state index >= 15 is 0 Å².